The van der Waals surface area contributed by atoms with Gasteiger partial charge in [-0.3, -0.25) is 9.59 Å². The predicted molar refractivity (Wildman–Crippen MR) is 131 cm³/mol. The molecule has 0 bridgehead atoms. The van der Waals surface area contributed by atoms with Crippen LogP contribution in [0.15, 0.2) is 60.4 Å². The molecule has 5 nitrogen and oxygen atoms in total. The van der Waals surface area contributed by atoms with Crippen LogP contribution in [0.1, 0.15) is 50.2 Å². The van der Waals surface area contributed by atoms with Crippen LogP contribution in [0.5, 0.6) is 0 Å². The van der Waals surface area contributed by atoms with Gasteiger partial charge < -0.3 is 15.0 Å². The molecule has 0 aromatic heterocycles. The van der Waals surface area contributed by atoms with E-state index in [4.69, 9.17) is 16.3 Å². The Bertz CT molecular complexity index is 1010. The van der Waals surface area contributed by atoms with E-state index in [9.17, 15) is 9.59 Å². The number of fused-ring (bicyclic) bond motifs is 1. The standard InChI is InChI=1S/C27H31ClN2O3/c1-19(15-16-20-9-3-2-4-10-20)29-26(31)18-30-23-13-7-8-14-24(23)33-25(27(30)32)17-21-11-5-6-12-22(21)28/h2-6,9-12,17,19,23-24H,7-8,13-16,18H2,1H3,(H,29,31)/b25-17+. The first-order valence-corrected chi connectivity index (χ1v) is 12.2. The zero-order valence-electron chi connectivity index (χ0n) is 19.0. The molecule has 33 heavy (non-hydrogen) atoms. The van der Waals surface area contributed by atoms with Crippen LogP contribution >= 0.6 is 11.6 Å². The lowest BCUT2D eigenvalue weighted by Crippen LogP contribution is -2.57. The molecule has 1 aliphatic carbocycles. The third-order valence-electron chi connectivity index (χ3n) is 6.44. The van der Waals surface area contributed by atoms with Crippen LogP contribution in [0.4, 0.5) is 0 Å². The van der Waals surface area contributed by atoms with Crippen LogP contribution < -0.4 is 5.32 Å². The highest BCUT2D eigenvalue weighted by Gasteiger charge is 2.42. The maximum absolute atomic E-state index is 13.3. The summed E-state index contributed by atoms with van der Waals surface area (Å²) in [5.41, 5.74) is 1.98. The summed E-state index contributed by atoms with van der Waals surface area (Å²) in [6.45, 7) is 2.05. The van der Waals surface area contributed by atoms with Gasteiger partial charge >= 0.3 is 0 Å². The minimum Gasteiger partial charge on any atom is -0.482 e. The van der Waals surface area contributed by atoms with Gasteiger partial charge in [0.1, 0.15) is 12.6 Å². The normalized spacial score (nSPS) is 22.4. The second-order valence-corrected chi connectivity index (χ2v) is 9.37. The van der Waals surface area contributed by atoms with Crippen molar-refractivity contribution in [3.05, 3.63) is 76.5 Å². The molecule has 174 valence electrons. The summed E-state index contributed by atoms with van der Waals surface area (Å²) in [5, 5.41) is 3.63. The van der Waals surface area contributed by atoms with Crippen LogP contribution in [-0.2, 0) is 20.7 Å². The molecular formula is C27H31ClN2O3. The summed E-state index contributed by atoms with van der Waals surface area (Å²) in [5.74, 6) is -0.117. The van der Waals surface area contributed by atoms with E-state index < -0.39 is 0 Å². The van der Waals surface area contributed by atoms with E-state index >= 15 is 0 Å². The van der Waals surface area contributed by atoms with Gasteiger partial charge in [0.05, 0.1) is 6.04 Å². The lowest BCUT2D eigenvalue weighted by atomic mass is 9.89. The summed E-state index contributed by atoms with van der Waals surface area (Å²) in [7, 11) is 0. The van der Waals surface area contributed by atoms with Crippen LogP contribution in [-0.4, -0.2) is 41.4 Å². The number of nitrogens with zero attached hydrogens (tertiary/aromatic N) is 1. The third kappa shape index (κ3) is 5.97. The molecule has 1 saturated heterocycles. The number of ether oxygens (including phenoxy) is 1. The van der Waals surface area contributed by atoms with Gasteiger partial charge in [-0.25, -0.2) is 0 Å². The second kappa shape index (κ2) is 10.9. The average Bonchev–Trinajstić information content (AvgIpc) is 2.82. The van der Waals surface area contributed by atoms with Crippen molar-refractivity contribution in [3.8, 4) is 0 Å². The van der Waals surface area contributed by atoms with Crippen LogP contribution in [0, 0.1) is 0 Å². The monoisotopic (exact) mass is 466 g/mol. The number of aryl methyl sites for hydroxylation is 1. The van der Waals surface area contributed by atoms with Crippen LogP contribution in [0.2, 0.25) is 5.02 Å². The summed E-state index contributed by atoms with van der Waals surface area (Å²) in [6.07, 6.45) is 7.18. The molecule has 6 heteroatoms. The van der Waals surface area contributed by atoms with Crippen LogP contribution in [0.3, 0.4) is 0 Å². The van der Waals surface area contributed by atoms with Gasteiger partial charge in [-0.15, -0.1) is 0 Å². The number of hydrogen-bond acceptors (Lipinski definition) is 3. The lowest BCUT2D eigenvalue weighted by molar-refractivity contribution is -0.152. The zero-order chi connectivity index (χ0) is 23.2. The van der Waals surface area contributed by atoms with Crippen molar-refractivity contribution in [2.45, 2.75) is 63.6 Å². The predicted octanol–water partition coefficient (Wildman–Crippen LogP) is 4.99. The first-order valence-electron chi connectivity index (χ1n) is 11.8. The minimum atomic E-state index is -0.245. The summed E-state index contributed by atoms with van der Waals surface area (Å²) in [4.78, 5) is 27.9. The Morgan fingerprint density at radius 1 is 1.15 bits per heavy atom. The zero-order valence-corrected chi connectivity index (χ0v) is 19.8. The maximum Gasteiger partial charge on any atom is 0.289 e. The van der Waals surface area contributed by atoms with Crippen molar-refractivity contribution < 1.29 is 14.3 Å². The first-order chi connectivity index (χ1) is 16.0. The minimum absolute atomic E-state index is 0.0224. The average molecular weight is 467 g/mol. The SMILES string of the molecule is CC(CCc1ccccc1)NC(=O)CN1C(=O)/C(=C\c2ccccc2Cl)OC2CCCCC21. The van der Waals surface area contributed by atoms with Gasteiger partial charge in [0.25, 0.3) is 5.91 Å². The molecule has 2 fully saturated rings. The summed E-state index contributed by atoms with van der Waals surface area (Å²) >= 11 is 6.29. The number of carbonyl (C=O) groups is 2. The van der Waals surface area contributed by atoms with E-state index in [2.05, 4.69) is 17.4 Å². The number of carbonyl (C=O) groups excluding carboxylic acids is 2. The lowest BCUT2D eigenvalue weighted by Gasteiger charge is -2.44. The van der Waals surface area contributed by atoms with Gasteiger partial charge in [-0.1, -0.05) is 66.6 Å². The van der Waals surface area contributed by atoms with Gasteiger partial charge in [-0.05, 0) is 62.3 Å². The molecule has 1 saturated carbocycles. The highest BCUT2D eigenvalue weighted by Crippen LogP contribution is 2.33. The molecule has 2 aromatic rings. The molecule has 1 aliphatic heterocycles. The molecule has 1 heterocycles. The Kier molecular flexibility index (Phi) is 7.71. The fourth-order valence-electron chi connectivity index (χ4n) is 4.67. The number of halogens is 1. The highest BCUT2D eigenvalue weighted by atomic mass is 35.5. The van der Waals surface area contributed by atoms with E-state index in [1.807, 2.05) is 43.3 Å². The smallest absolute Gasteiger partial charge is 0.289 e. The fraction of sp³-hybridized carbons (Fsp3) is 0.407. The topological polar surface area (TPSA) is 58.6 Å². The molecular weight excluding hydrogens is 436 g/mol. The third-order valence-corrected chi connectivity index (χ3v) is 6.78. The summed E-state index contributed by atoms with van der Waals surface area (Å²) in [6, 6.07) is 17.5. The number of benzene rings is 2. The van der Waals surface area contributed by atoms with E-state index in [0.29, 0.717) is 5.02 Å². The van der Waals surface area contributed by atoms with Gasteiger partial charge in [-0.2, -0.15) is 0 Å². The number of morpholine rings is 1. The Morgan fingerprint density at radius 3 is 2.67 bits per heavy atom. The molecule has 4 rings (SSSR count). The van der Waals surface area contributed by atoms with Crippen molar-refractivity contribution in [2.75, 3.05) is 6.54 Å². The number of hydrogen-bond donors (Lipinski definition) is 1. The molecule has 0 spiro atoms. The number of rotatable bonds is 7. The molecule has 1 N–H and O–H groups in total. The van der Waals surface area contributed by atoms with Gasteiger partial charge in [0, 0.05) is 11.1 Å². The van der Waals surface area contributed by atoms with Crippen molar-refractivity contribution in [2.24, 2.45) is 0 Å². The molecule has 3 unspecified atom stereocenters. The van der Waals surface area contributed by atoms with Crippen molar-refractivity contribution in [1.82, 2.24) is 10.2 Å². The second-order valence-electron chi connectivity index (χ2n) is 8.96. The maximum atomic E-state index is 13.3. The molecule has 2 amide bonds. The van der Waals surface area contributed by atoms with Crippen molar-refractivity contribution >= 4 is 29.5 Å². The van der Waals surface area contributed by atoms with Gasteiger partial charge in [0.15, 0.2) is 5.76 Å². The largest absolute Gasteiger partial charge is 0.482 e. The Hall–Kier alpha value is -2.79. The Labute approximate surface area is 200 Å². The molecule has 2 aromatic carbocycles. The van der Waals surface area contributed by atoms with E-state index in [1.54, 1.807) is 17.0 Å². The first kappa shape index (κ1) is 23.4. The number of amides is 2. The molecule has 3 atom stereocenters. The van der Waals surface area contributed by atoms with Crippen molar-refractivity contribution in [1.29, 1.82) is 0 Å². The quantitative estimate of drug-likeness (QED) is 0.585. The van der Waals surface area contributed by atoms with E-state index in [-0.39, 0.29) is 42.3 Å². The number of nitrogens with one attached hydrogen (secondary N) is 1. The van der Waals surface area contributed by atoms with Crippen molar-refractivity contribution in [3.63, 3.8) is 0 Å². The van der Waals surface area contributed by atoms with Crippen LogP contribution in [0.25, 0.3) is 6.08 Å². The Balaban J connectivity index is 1.43. The van der Waals surface area contributed by atoms with Gasteiger partial charge in [0.2, 0.25) is 5.91 Å². The fourth-order valence-corrected chi connectivity index (χ4v) is 4.86. The molecule has 0 radical (unpaired) electrons. The summed E-state index contributed by atoms with van der Waals surface area (Å²) < 4.78 is 6.12. The van der Waals surface area contributed by atoms with E-state index in [1.165, 1.54) is 5.56 Å². The Morgan fingerprint density at radius 2 is 1.88 bits per heavy atom. The van der Waals surface area contributed by atoms with E-state index in [0.717, 1.165) is 44.1 Å². The highest BCUT2D eigenvalue weighted by molar-refractivity contribution is 6.32. The molecule has 2 aliphatic rings.